The average Bonchev–Trinajstić information content (AvgIpc) is 2.21. The van der Waals surface area contributed by atoms with Gasteiger partial charge in [0.25, 0.3) is 0 Å². The summed E-state index contributed by atoms with van der Waals surface area (Å²) in [5, 5.41) is 6.42. The molecule has 0 bridgehead atoms. The van der Waals surface area contributed by atoms with Gasteiger partial charge < -0.3 is 10.6 Å². The van der Waals surface area contributed by atoms with Gasteiger partial charge in [-0.25, -0.2) is 4.39 Å². The van der Waals surface area contributed by atoms with Crippen molar-refractivity contribution in [2.75, 3.05) is 5.32 Å². The Morgan fingerprint density at radius 3 is 2.75 bits per heavy atom. The van der Waals surface area contributed by atoms with Crippen LogP contribution in [0.4, 0.5) is 10.1 Å². The van der Waals surface area contributed by atoms with Crippen LogP contribution in [0.1, 0.15) is 26.7 Å². The normalized spacial score (nSPS) is 11.9. The molecule has 0 aliphatic heterocycles. The first kappa shape index (κ1) is 12.9. The smallest absolute Gasteiger partial charge is 0.171 e. The topological polar surface area (TPSA) is 24.1 Å². The second kappa shape index (κ2) is 6.43. The molecule has 0 saturated heterocycles. The molecule has 0 radical (unpaired) electrons. The van der Waals surface area contributed by atoms with Gasteiger partial charge in [0.15, 0.2) is 5.11 Å². The Balaban J connectivity index is 2.49. The summed E-state index contributed by atoms with van der Waals surface area (Å²) in [6, 6.07) is 6.78. The molecule has 0 aromatic heterocycles. The summed E-state index contributed by atoms with van der Waals surface area (Å²) in [6.07, 6.45) is 2.13. The van der Waals surface area contributed by atoms with Crippen molar-refractivity contribution in [3.8, 4) is 0 Å². The monoisotopic (exact) mass is 240 g/mol. The zero-order chi connectivity index (χ0) is 12.0. The van der Waals surface area contributed by atoms with Crippen LogP contribution in [0.2, 0.25) is 0 Å². The third-order valence-corrected chi connectivity index (χ3v) is 2.44. The van der Waals surface area contributed by atoms with Gasteiger partial charge in [0, 0.05) is 6.04 Å². The van der Waals surface area contributed by atoms with E-state index in [1.165, 1.54) is 6.07 Å². The number of halogens is 1. The molecule has 0 amide bonds. The lowest BCUT2D eigenvalue weighted by Crippen LogP contribution is -2.35. The summed E-state index contributed by atoms with van der Waals surface area (Å²) in [5.74, 6) is -0.296. The second-order valence-electron chi connectivity index (χ2n) is 3.77. The summed E-state index contributed by atoms with van der Waals surface area (Å²) in [6.45, 7) is 4.17. The molecule has 0 aliphatic carbocycles. The van der Waals surface area contributed by atoms with Gasteiger partial charge in [-0.1, -0.05) is 25.5 Å². The molecule has 2 nitrogen and oxygen atoms in total. The van der Waals surface area contributed by atoms with Gasteiger partial charge in [0.2, 0.25) is 0 Å². The van der Waals surface area contributed by atoms with Crippen molar-refractivity contribution in [2.45, 2.75) is 32.7 Å². The fourth-order valence-corrected chi connectivity index (χ4v) is 1.76. The Bertz CT molecular complexity index is 355. The van der Waals surface area contributed by atoms with E-state index >= 15 is 0 Å². The minimum Gasteiger partial charge on any atom is -0.360 e. The lowest BCUT2D eigenvalue weighted by Gasteiger charge is -2.16. The lowest BCUT2D eigenvalue weighted by molar-refractivity contribution is 0.598. The fourth-order valence-electron chi connectivity index (χ4n) is 1.45. The predicted octanol–water partition coefficient (Wildman–Crippen LogP) is 3.30. The molecular weight excluding hydrogens is 223 g/mol. The van der Waals surface area contributed by atoms with E-state index in [9.17, 15) is 4.39 Å². The molecule has 0 saturated carbocycles. The minimum absolute atomic E-state index is 0.296. The number of hydrogen-bond donors (Lipinski definition) is 2. The number of thiocarbonyl (C=S) groups is 1. The molecule has 0 aliphatic rings. The summed E-state index contributed by atoms with van der Waals surface area (Å²) >= 11 is 5.10. The molecule has 1 atom stereocenters. The maximum Gasteiger partial charge on any atom is 0.171 e. The Morgan fingerprint density at radius 2 is 2.12 bits per heavy atom. The van der Waals surface area contributed by atoms with Crippen LogP contribution in [0.15, 0.2) is 24.3 Å². The maximum atomic E-state index is 13.3. The van der Waals surface area contributed by atoms with Crippen LogP contribution < -0.4 is 10.6 Å². The van der Waals surface area contributed by atoms with Crippen molar-refractivity contribution in [1.29, 1.82) is 0 Å². The van der Waals surface area contributed by atoms with Crippen molar-refractivity contribution < 1.29 is 4.39 Å². The molecule has 1 unspecified atom stereocenters. The SMILES string of the molecule is CCCC(C)NC(=S)Nc1ccccc1F. The van der Waals surface area contributed by atoms with E-state index in [-0.39, 0.29) is 5.82 Å². The lowest BCUT2D eigenvalue weighted by atomic mass is 10.2. The molecule has 88 valence electrons. The van der Waals surface area contributed by atoms with Gasteiger partial charge in [-0.05, 0) is 37.7 Å². The van der Waals surface area contributed by atoms with E-state index in [4.69, 9.17) is 12.2 Å². The van der Waals surface area contributed by atoms with Crippen LogP contribution in [0, 0.1) is 5.82 Å². The molecule has 16 heavy (non-hydrogen) atoms. The van der Waals surface area contributed by atoms with Gasteiger partial charge in [0.05, 0.1) is 5.69 Å². The van der Waals surface area contributed by atoms with Crippen molar-refractivity contribution in [1.82, 2.24) is 5.32 Å². The number of hydrogen-bond acceptors (Lipinski definition) is 1. The van der Waals surface area contributed by atoms with Crippen molar-refractivity contribution in [2.24, 2.45) is 0 Å². The third kappa shape index (κ3) is 4.14. The van der Waals surface area contributed by atoms with Crippen LogP contribution in [-0.4, -0.2) is 11.2 Å². The number of nitrogens with one attached hydrogen (secondary N) is 2. The first-order chi connectivity index (χ1) is 7.63. The van der Waals surface area contributed by atoms with E-state index < -0.39 is 0 Å². The molecule has 1 aromatic rings. The summed E-state index contributed by atoms with van der Waals surface area (Å²) in [5.41, 5.74) is 0.406. The zero-order valence-electron chi connectivity index (χ0n) is 9.59. The maximum absolute atomic E-state index is 13.3. The van der Waals surface area contributed by atoms with Crippen LogP contribution >= 0.6 is 12.2 Å². The highest BCUT2D eigenvalue weighted by Crippen LogP contribution is 2.12. The highest BCUT2D eigenvalue weighted by molar-refractivity contribution is 7.80. The highest BCUT2D eigenvalue weighted by Gasteiger charge is 2.05. The highest BCUT2D eigenvalue weighted by atomic mass is 32.1. The van der Waals surface area contributed by atoms with Crippen LogP contribution in [0.3, 0.4) is 0 Å². The van der Waals surface area contributed by atoms with Gasteiger partial charge in [0.1, 0.15) is 5.82 Å². The Hall–Kier alpha value is -1.16. The number of para-hydroxylation sites is 1. The Morgan fingerprint density at radius 1 is 1.44 bits per heavy atom. The van der Waals surface area contributed by atoms with Crippen LogP contribution in [0.5, 0.6) is 0 Å². The Kier molecular flexibility index (Phi) is 5.19. The number of benzene rings is 1. The molecule has 4 heteroatoms. The fraction of sp³-hybridized carbons (Fsp3) is 0.417. The third-order valence-electron chi connectivity index (χ3n) is 2.22. The van der Waals surface area contributed by atoms with Gasteiger partial charge in [-0.3, -0.25) is 0 Å². The summed E-state index contributed by atoms with van der Waals surface area (Å²) < 4.78 is 13.3. The first-order valence-electron chi connectivity index (χ1n) is 5.45. The predicted molar refractivity (Wildman–Crippen MR) is 70.1 cm³/mol. The Labute approximate surface area is 101 Å². The summed E-state index contributed by atoms with van der Waals surface area (Å²) in [7, 11) is 0. The molecule has 0 heterocycles. The van der Waals surface area contributed by atoms with Gasteiger partial charge in [-0.15, -0.1) is 0 Å². The van der Waals surface area contributed by atoms with Crippen LogP contribution in [0.25, 0.3) is 0 Å². The van der Waals surface area contributed by atoms with E-state index in [0.717, 1.165) is 12.8 Å². The molecular formula is C12H17FN2S. The average molecular weight is 240 g/mol. The van der Waals surface area contributed by atoms with Gasteiger partial charge in [-0.2, -0.15) is 0 Å². The molecule has 1 aromatic carbocycles. The molecule has 1 rings (SSSR count). The van der Waals surface area contributed by atoms with E-state index in [1.54, 1.807) is 18.2 Å². The quantitative estimate of drug-likeness (QED) is 0.790. The largest absolute Gasteiger partial charge is 0.360 e. The van der Waals surface area contributed by atoms with Crippen LogP contribution in [-0.2, 0) is 0 Å². The van der Waals surface area contributed by atoms with Crippen molar-refractivity contribution in [3.05, 3.63) is 30.1 Å². The van der Waals surface area contributed by atoms with Crippen molar-refractivity contribution >= 4 is 23.0 Å². The van der Waals surface area contributed by atoms with E-state index in [1.807, 2.05) is 0 Å². The number of anilines is 1. The van der Waals surface area contributed by atoms with E-state index in [0.29, 0.717) is 16.8 Å². The molecule has 0 spiro atoms. The molecule has 0 fully saturated rings. The summed E-state index contributed by atoms with van der Waals surface area (Å²) in [4.78, 5) is 0. The zero-order valence-corrected chi connectivity index (χ0v) is 10.4. The standard InChI is InChI=1S/C12H17FN2S/c1-3-6-9(2)14-12(16)15-11-8-5-4-7-10(11)13/h4-5,7-9H,3,6H2,1-2H3,(H2,14,15,16). The minimum atomic E-state index is -0.296. The number of rotatable bonds is 4. The first-order valence-corrected chi connectivity index (χ1v) is 5.86. The molecule has 2 N–H and O–H groups in total. The van der Waals surface area contributed by atoms with Gasteiger partial charge >= 0.3 is 0 Å². The second-order valence-corrected chi connectivity index (χ2v) is 4.18. The van der Waals surface area contributed by atoms with E-state index in [2.05, 4.69) is 24.5 Å². The van der Waals surface area contributed by atoms with Crippen molar-refractivity contribution in [3.63, 3.8) is 0 Å².